The lowest BCUT2D eigenvalue weighted by atomic mass is 10.1. The first kappa shape index (κ1) is 10.4. The lowest BCUT2D eigenvalue weighted by molar-refractivity contribution is 0.520. The van der Waals surface area contributed by atoms with E-state index in [0.717, 1.165) is 4.47 Å². The minimum absolute atomic E-state index is 0.309. The van der Waals surface area contributed by atoms with Crippen molar-refractivity contribution >= 4 is 15.9 Å². The smallest absolute Gasteiger partial charge is 0.137 e. The van der Waals surface area contributed by atoms with E-state index in [2.05, 4.69) is 15.9 Å². The zero-order chi connectivity index (χ0) is 10.8. The number of nitrogens with two attached hydrogens (primary N) is 1. The molecule has 0 atom stereocenters. The maximum Gasteiger partial charge on any atom is 0.137 e. The molecule has 0 saturated carbocycles. The van der Waals surface area contributed by atoms with E-state index in [-0.39, 0.29) is 5.82 Å². The monoisotopic (exact) mass is 269 g/mol. The first-order valence-corrected chi connectivity index (χ1v) is 5.24. The third-order valence-electron chi connectivity index (χ3n) is 2.06. The van der Waals surface area contributed by atoms with E-state index in [1.165, 1.54) is 6.07 Å². The average molecular weight is 270 g/mol. The number of benzene rings is 1. The van der Waals surface area contributed by atoms with E-state index in [0.29, 0.717) is 23.6 Å². The van der Waals surface area contributed by atoms with Gasteiger partial charge in [-0.05, 0) is 30.3 Å². The Balaban J connectivity index is 2.48. The van der Waals surface area contributed by atoms with Gasteiger partial charge in [-0.25, -0.2) is 4.39 Å². The average Bonchev–Trinajstić information content (AvgIpc) is 2.70. The van der Waals surface area contributed by atoms with Crippen LogP contribution in [0.4, 0.5) is 4.39 Å². The number of halogens is 2. The summed E-state index contributed by atoms with van der Waals surface area (Å²) in [6.45, 7) is 0.315. The van der Waals surface area contributed by atoms with Gasteiger partial charge in [0.1, 0.15) is 17.3 Å². The van der Waals surface area contributed by atoms with Crippen molar-refractivity contribution in [2.45, 2.75) is 6.54 Å². The van der Waals surface area contributed by atoms with E-state index in [1.807, 2.05) is 0 Å². The van der Waals surface area contributed by atoms with Gasteiger partial charge in [0.25, 0.3) is 0 Å². The summed E-state index contributed by atoms with van der Waals surface area (Å²) in [5, 5.41) is 0. The fourth-order valence-corrected chi connectivity index (χ4v) is 1.68. The second-order valence-corrected chi connectivity index (χ2v) is 4.01. The fourth-order valence-electron chi connectivity index (χ4n) is 1.32. The van der Waals surface area contributed by atoms with Crippen molar-refractivity contribution in [2.24, 2.45) is 5.73 Å². The van der Waals surface area contributed by atoms with Gasteiger partial charge in [-0.1, -0.05) is 15.9 Å². The number of rotatable bonds is 2. The Morgan fingerprint density at radius 2 is 2.07 bits per heavy atom. The summed E-state index contributed by atoms with van der Waals surface area (Å²) in [4.78, 5) is 0. The van der Waals surface area contributed by atoms with Crippen molar-refractivity contribution in [1.82, 2.24) is 0 Å². The van der Waals surface area contributed by atoms with E-state index in [9.17, 15) is 4.39 Å². The van der Waals surface area contributed by atoms with E-state index < -0.39 is 0 Å². The van der Waals surface area contributed by atoms with Crippen LogP contribution in [0.5, 0.6) is 0 Å². The normalized spacial score (nSPS) is 10.6. The van der Waals surface area contributed by atoms with E-state index in [1.54, 1.807) is 24.3 Å². The highest BCUT2D eigenvalue weighted by Crippen LogP contribution is 2.27. The van der Waals surface area contributed by atoms with Gasteiger partial charge < -0.3 is 10.2 Å². The maximum atomic E-state index is 13.5. The van der Waals surface area contributed by atoms with Crippen LogP contribution in [-0.4, -0.2) is 0 Å². The highest BCUT2D eigenvalue weighted by molar-refractivity contribution is 9.10. The Morgan fingerprint density at radius 1 is 1.27 bits per heavy atom. The van der Waals surface area contributed by atoms with Crippen LogP contribution in [0.3, 0.4) is 0 Å². The summed E-state index contributed by atoms with van der Waals surface area (Å²) in [7, 11) is 0. The quantitative estimate of drug-likeness (QED) is 0.909. The van der Waals surface area contributed by atoms with Gasteiger partial charge in [-0.3, -0.25) is 0 Å². The van der Waals surface area contributed by atoms with Crippen LogP contribution in [0.2, 0.25) is 0 Å². The van der Waals surface area contributed by atoms with Crippen LogP contribution in [0.1, 0.15) is 5.76 Å². The van der Waals surface area contributed by atoms with Gasteiger partial charge in [0, 0.05) is 4.47 Å². The van der Waals surface area contributed by atoms with Crippen molar-refractivity contribution in [3.8, 4) is 11.3 Å². The Morgan fingerprint density at radius 3 is 2.73 bits per heavy atom. The van der Waals surface area contributed by atoms with Gasteiger partial charge in [0.15, 0.2) is 0 Å². The molecule has 4 heteroatoms. The van der Waals surface area contributed by atoms with Crippen LogP contribution in [-0.2, 0) is 6.54 Å². The molecule has 2 N–H and O–H groups in total. The highest BCUT2D eigenvalue weighted by atomic mass is 79.9. The molecule has 0 aliphatic carbocycles. The molecule has 0 radical (unpaired) electrons. The first-order valence-electron chi connectivity index (χ1n) is 4.45. The van der Waals surface area contributed by atoms with Crippen molar-refractivity contribution in [3.63, 3.8) is 0 Å². The molecule has 2 nitrogen and oxygen atoms in total. The summed E-state index contributed by atoms with van der Waals surface area (Å²) in [6.07, 6.45) is 0. The molecule has 0 aliphatic rings. The molecule has 0 fully saturated rings. The van der Waals surface area contributed by atoms with Crippen LogP contribution in [0, 0.1) is 5.82 Å². The Kier molecular flexibility index (Phi) is 2.88. The van der Waals surface area contributed by atoms with Crippen molar-refractivity contribution in [3.05, 3.63) is 46.4 Å². The summed E-state index contributed by atoms with van der Waals surface area (Å²) in [5.41, 5.74) is 5.85. The summed E-state index contributed by atoms with van der Waals surface area (Å²) < 4.78 is 19.6. The molecule has 1 aromatic heterocycles. The molecule has 0 saturated heterocycles. The Bertz CT molecular complexity index is 481. The van der Waals surface area contributed by atoms with Crippen LogP contribution in [0.25, 0.3) is 11.3 Å². The second-order valence-electron chi connectivity index (χ2n) is 3.09. The number of furan rings is 1. The van der Waals surface area contributed by atoms with E-state index >= 15 is 0 Å². The van der Waals surface area contributed by atoms with Gasteiger partial charge in [-0.2, -0.15) is 0 Å². The van der Waals surface area contributed by atoms with Crippen molar-refractivity contribution < 1.29 is 8.81 Å². The number of hydrogen-bond donors (Lipinski definition) is 1. The molecule has 1 aromatic carbocycles. The van der Waals surface area contributed by atoms with Gasteiger partial charge in [0.2, 0.25) is 0 Å². The SMILES string of the molecule is NCc1ccc(-c2cc(Br)ccc2F)o1. The maximum absolute atomic E-state index is 13.5. The van der Waals surface area contributed by atoms with Crippen molar-refractivity contribution in [2.75, 3.05) is 0 Å². The fraction of sp³-hybridized carbons (Fsp3) is 0.0909. The third kappa shape index (κ3) is 2.11. The Labute approximate surface area is 95.0 Å². The highest BCUT2D eigenvalue weighted by Gasteiger charge is 2.09. The molecule has 78 valence electrons. The lowest BCUT2D eigenvalue weighted by Crippen LogP contribution is -1.92. The van der Waals surface area contributed by atoms with Gasteiger partial charge in [0.05, 0.1) is 12.1 Å². The molecule has 2 aromatic rings. The molecular formula is C11H9BrFNO. The molecule has 0 amide bonds. The molecule has 0 aliphatic heterocycles. The molecule has 0 unspecified atom stereocenters. The van der Waals surface area contributed by atoms with Crippen LogP contribution in [0.15, 0.2) is 39.2 Å². The van der Waals surface area contributed by atoms with Crippen LogP contribution < -0.4 is 5.73 Å². The molecule has 1 heterocycles. The molecule has 2 rings (SSSR count). The molecule has 0 bridgehead atoms. The van der Waals surface area contributed by atoms with Crippen molar-refractivity contribution in [1.29, 1.82) is 0 Å². The minimum atomic E-state index is -0.309. The Hall–Kier alpha value is -1.13. The zero-order valence-corrected chi connectivity index (χ0v) is 9.42. The predicted octanol–water partition coefficient (Wildman–Crippen LogP) is 3.31. The lowest BCUT2D eigenvalue weighted by Gasteiger charge is -2.00. The van der Waals surface area contributed by atoms with Crippen LogP contribution >= 0.6 is 15.9 Å². The predicted molar refractivity (Wildman–Crippen MR) is 59.7 cm³/mol. The summed E-state index contributed by atoms with van der Waals surface area (Å²) >= 11 is 3.28. The third-order valence-corrected chi connectivity index (χ3v) is 2.55. The minimum Gasteiger partial charge on any atom is -0.460 e. The second kappa shape index (κ2) is 4.16. The summed E-state index contributed by atoms with van der Waals surface area (Å²) in [6, 6.07) is 8.17. The zero-order valence-electron chi connectivity index (χ0n) is 7.84. The standard InChI is InChI=1S/C11H9BrFNO/c12-7-1-3-10(13)9(5-7)11-4-2-8(6-14)15-11/h1-5H,6,14H2. The molecule has 0 spiro atoms. The summed E-state index contributed by atoms with van der Waals surface area (Å²) in [5.74, 6) is 0.828. The topological polar surface area (TPSA) is 39.2 Å². The largest absolute Gasteiger partial charge is 0.460 e. The molecular weight excluding hydrogens is 261 g/mol. The van der Waals surface area contributed by atoms with Gasteiger partial charge >= 0.3 is 0 Å². The van der Waals surface area contributed by atoms with E-state index in [4.69, 9.17) is 10.2 Å². The molecule has 15 heavy (non-hydrogen) atoms. The number of hydrogen-bond acceptors (Lipinski definition) is 2. The van der Waals surface area contributed by atoms with Gasteiger partial charge in [-0.15, -0.1) is 0 Å². The first-order chi connectivity index (χ1) is 7.20.